The second kappa shape index (κ2) is 6.52. The van der Waals surface area contributed by atoms with Crippen LogP contribution in [-0.2, 0) is 13.2 Å². The molecule has 3 rings (SSSR count). The van der Waals surface area contributed by atoms with Crippen LogP contribution in [-0.4, -0.2) is 16.2 Å². The van der Waals surface area contributed by atoms with Gasteiger partial charge in [-0.15, -0.1) is 10.2 Å². The normalized spacial score (nSPS) is 15.6. The van der Waals surface area contributed by atoms with Gasteiger partial charge >= 0.3 is 0 Å². The Morgan fingerprint density at radius 2 is 1.85 bits per heavy atom. The van der Waals surface area contributed by atoms with E-state index in [2.05, 4.69) is 15.5 Å². The zero-order valence-corrected chi connectivity index (χ0v) is 11.4. The maximum atomic E-state index is 5.57. The summed E-state index contributed by atoms with van der Waals surface area (Å²) in [7, 11) is 0. The number of hydrogen-bond acceptors (Lipinski definition) is 5. The summed E-state index contributed by atoms with van der Waals surface area (Å²) in [5.74, 6) is 1.94. The fraction of sp³-hybridized carbons (Fsp3) is 0.467. The van der Waals surface area contributed by atoms with E-state index in [4.69, 9.17) is 9.15 Å². The van der Waals surface area contributed by atoms with E-state index in [0.29, 0.717) is 31.0 Å². The van der Waals surface area contributed by atoms with Crippen LogP contribution >= 0.6 is 0 Å². The van der Waals surface area contributed by atoms with Gasteiger partial charge in [0.2, 0.25) is 5.89 Å². The summed E-state index contributed by atoms with van der Waals surface area (Å²) in [6.07, 6.45) is 5.13. The van der Waals surface area contributed by atoms with Crippen molar-refractivity contribution in [2.75, 3.05) is 0 Å². The Kier molecular flexibility index (Phi) is 4.28. The second-order valence-electron chi connectivity index (χ2n) is 5.05. The van der Waals surface area contributed by atoms with Crippen molar-refractivity contribution >= 4 is 0 Å². The number of hydrogen-bond donors (Lipinski definition) is 1. The van der Waals surface area contributed by atoms with Crippen LogP contribution in [0.15, 0.2) is 34.7 Å². The van der Waals surface area contributed by atoms with E-state index in [-0.39, 0.29) is 0 Å². The SMILES string of the molecule is c1ccc(OCc2nnc(CNC3CCCC3)o2)cc1. The number of ether oxygens (including phenoxy) is 1. The smallest absolute Gasteiger partial charge is 0.253 e. The first-order chi connectivity index (χ1) is 9.90. The highest BCUT2D eigenvalue weighted by atomic mass is 16.5. The number of rotatable bonds is 6. The van der Waals surface area contributed by atoms with Crippen LogP contribution in [0.4, 0.5) is 0 Å². The maximum Gasteiger partial charge on any atom is 0.253 e. The standard InChI is InChI=1S/C15H19N3O2/c1-2-8-13(9-3-1)19-11-15-18-17-14(20-15)10-16-12-6-4-5-7-12/h1-3,8-9,12,16H,4-7,10-11H2. The van der Waals surface area contributed by atoms with Gasteiger partial charge in [0.15, 0.2) is 6.61 Å². The molecule has 1 N–H and O–H groups in total. The fourth-order valence-corrected chi connectivity index (χ4v) is 2.44. The van der Waals surface area contributed by atoms with Gasteiger partial charge in [-0.05, 0) is 25.0 Å². The molecule has 1 aliphatic carbocycles. The van der Waals surface area contributed by atoms with Crippen LogP contribution < -0.4 is 10.1 Å². The molecule has 1 aromatic heterocycles. The van der Waals surface area contributed by atoms with E-state index >= 15 is 0 Å². The molecular formula is C15H19N3O2. The first kappa shape index (κ1) is 13.1. The number of benzene rings is 1. The van der Waals surface area contributed by atoms with Crippen molar-refractivity contribution < 1.29 is 9.15 Å². The third-order valence-electron chi connectivity index (χ3n) is 3.51. The maximum absolute atomic E-state index is 5.57. The molecule has 0 radical (unpaired) electrons. The minimum Gasteiger partial charge on any atom is -0.484 e. The molecule has 0 saturated heterocycles. The van der Waals surface area contributed by atoms with E-state index in [1.54, 1.807) is 0 Å². The van der Waals surface area contributed by atoms with Crippen molar-refractivity contribution in [1.82, 2.24) is 15.5 Å². The van der Waals surface area contributed by atoms with Gasteiger partial charge in [0, 0.05) is 6.04 Å². The Labute approximate surface area is 118 Å². The van der Waals surface area contributed by atoms with Gasteiger partial charge in [0.1, 0.15) is 5.75 Å². The van der Waals surface area contributed by atoms with Crippen molar-refractivity contribution in [3.05, 3.63) is 42.1 Å². The Balaban J connectivity index is 1.46. The Hall–Kier alpha value is -1.88. The molecule has 1 aromatic carbocycles. The molecule has 0 spiro atoms. The van der Waals surface area contributed by atoms with E-state index in [1.165, 1.54) is 25.7 Å². The molecule has 1 aliphatic rings. The number of aromatic nitrogens is 2. The van der Waals surface area contributed by atoms with Crippen molar-refractivity contribution in [3.8, 4) is 5.75 Å². The van der Waals surface area contributed by atoms with Crippen molar-refractivity contribution in [1.29, 1.82) is 0 Å². The second-order valence-corrected chi connectivity index (χ2v) is 5.05. The molecule has 0 unspecified atom stereocenters. The van der Waals surface area contributed by atoms with Gasteiger partial charge in [0.25, 0.3) is 5.89 Å². The lowest BCUT2D eigenvalue weighted by Gasteiger charge is -2.08. The minimum atomic E-state index is 0.306. The van der Waals surface area contributed by atoms with Crippen LogP contribution in [0.5, 0.6) is 5.75 Å². The largest absolute Gasteiger partial charge is 0.484 e. The van der Waals surface area contributed by atoms with Gasteiger partial charge in [-0.1, -0.05) is 31.0 Å². The van der Waals surface area contributed by atoms with Gasteiger partial charge in [0.05, 0.1) is 6.54 Å². The molecule has 2 aromatic rings. The Morgan fingerprint density at radius 3 is 2.65 bits per heavy atom. The topological polar surface area (TPSA) is 60.2 Å². The molecule has 1 heterocycles. The average Bonchev–Trinajstić information content (AvgIpc) is 3.16. The quantitative estimate of drug-likeness (QED) is 0.876. The first-order valence-electron chi connectivity index (χ1n) is 7.12. The van der Waals surface area contributed by atoms with E-state index in [1.807, 2.05) is 30.3 Å². The first-order valence-corrected chi connectivity index (χ1v) is 7.12. The summed E-state index contributed by atoms with van der Waals surface area (Å²) < 4.78 is 11.1. The molecule has 1 fully saturated rings. The molecule has 1 saturated carbocycles. The van der Waals surface area contributed by atoms with E-state index < -0.39 is 0 Å². The highest BCUT2D eigenvalue weighted by molar-refractivity contribution is 5.20. The average molecular weight is 273 g/mol. The third-order valence-corrected chi connectivity index (χ3v) is 3.51. The van der Waals surface area contributed by atoms with Crippen LogP contribution in [0.1, 0.15) is 37.5 Å². The van der Waals surface area contributed by atoms with Crippen molar-refractivity contribution in [2.45, 2.75) is 44.9 Å². The minimum absolute atomic E-state index is 0.306. The van der Waals surface area contributed by atoms with Gasteiger partial charge in [-0.3, -0.25) is 0 Å². The molecule has 5 nitrogen and oxygen atoms in total. The van der Waals surface area contributed by atoms with Gasteiger partial charge < -0.3 is 14.5 Å². The Morgan fingerprint density at radius 1 is 1.10 bits per heavy atom. The number of para-hydroxylation sites is 1. The van der Waals surface area contributed by atoms with E-state index in [0.717, 1.165) is 5.75 Å². The number of nitrogens with zero attached hydrogens (tertiary/aromatic N) is 2. The molecule has 20 heavy (non-hydrogen) atoms. The lowest BCUT2D eigenvalue weighted by atomic mass is 10.2. The van der Waals surface area contributed by atoms with Crippen LogP contribution in [0.2, 0.25) is 0 Å². The monoisotopic (exact) mass is 273 g/mol. The summed E-state index contributed by atoms with van der Waals surface area (Å²) in [6.45, 7) is 0.948. The van der Waals surface area contributed by atoms with Crippen LogP contribution in [0.25, 0.3) is 0 Å². The van der Waals surface area contributed by atoms with E-state index in [9.17, 15) is 0 Å². The number of nitrogens with one attached hydrogen (secondary N) is 1. The fourth-order valence-electron chi connectivity index (χ4n) is 2.44. The summed E-state index contributed by atoms with van der Waals surface area (Å²) >= 11 is 0. The van der Waals surface area contributed by atoms with Crippen molar-refractivity contribution in [2.24, 2.45) is 0 Å². The zero-order chi connectivity index (χ0) is 13.6. The molecule has 0 bridgehead atoms. The highest BCUT2D eigenvalue weighted by Crippen LogP contribution is 2.18. The Bertz CT molecular complexity index is 521. The summed E-state index contributed by atoms with van der Waals surface area (Å²) in [6, 6.07) is 10.2. The predicted molar refractivity (Wildman–Crippen MR) is 74.2 cm³/mol. The summed E-state index contributed by atoms with van der Waals surface area (Å²) in [4.78, 5) is 0. The molecule has 0 atom stereocenters. The molecular weight excluding hydrogens is 254 g/mol. The molecule has 106 valence electrons. The molecule has 5 heteroatoms. The summed E-state index contributed by atoms with van der Waals surface area (Å²) in [5, 5.41) is 11.5. The predicted octanol–water partition coefficient (Wildman–Crippen LogP) is 2.68. The zero-order valence-electron chi connectivity index (χ0n) is 11.4. The third kappa shape index (κ3) is 3.57. The molecule has 0 amide bonds. The van der Waals surface area contributed by atoms with Crippen LogP contribution in [0.3, 0.4) is 0 Å². The van der Waals surface area contributed by atoms with Gasteiger partial charge in [-0.25, -0.2) is 0 Å². The highest BCUT2D eigenvalue weighted by Gasteiger charge is 2.15. The van der Waals surface area contributed by atoms with Gasteiger partial charge in [-0.2, -0.15) is 0 Å². The van der Waals surface area contributed by atoms with Crippen molar-refractivity contribution in [3.63, 3.8) is 0 Å². The molecule has 0 aliphatic heterocycles. The lowest BCUT2D eigenvalue weighted by molar-refractivity contribution is 0.257. The summed E-state index contributed by atoms with van der Waals surface area (Å²) in [5.41, 5.74) is 0. The van der Waals surface area contributed by atoms with Crippen LogP contribution in [0, 0.1) is 0 Å². The lowest BCUT2D eigenvalue weighted by Crippen LogP contribution is -2.25.